The van der Waals surface area contributed by atoms with E-state index < -0.39 is 9.89 Å². The number of hydrogen-bond donors (Lipinski definition) is 1. The summed E-state index contributed by atoms with van der Waals surface area (Å²) in [6.45, 7) is 0. The van der Waals surface area contributed by atoms with Gasteiger partial charge in [0.25, 0.3) is 0 Å². The molecule has 0 heterocycles. The zero-order valence-corrected chi connectivity index (χ0v) is 11.2. The quantitative estimate of drug-likeness (QED) is 0.681. The maximum absolute atomic E-state index is 10.8. The summed E-state index contributed by atoms with van der Waals surface area (Å²) in [4.78, 5) is 10.8. The molecule has 0 spiro atoms. The molecule has 1 N–H and O–H groups in total. The highest BCUT2D eigenvalue weighted by Crippen LogP contribution is 2.26. The molecule has 2 nitrogen and oxygen atoms in total. The minimum atomic E-state index is -0.807. The summed E-state index contributed by atoms with van der Waals surface area (Å²) in [6.07, 6.45) is 0. The molecule has 0 saturated carbocycles. The number of carboxylic acid groups (broad SMARTS) is 1. The van der Waals surface area contributed by atoms with Crippen molar-refractivity contribution in [1.29, 1.82) is 0 Å². The van der Waals surface area contributed by atoms with Gasteiger partial charge in [-0.3, -0.25) is 4.79 Å². The van der Waals surface area contributed by atoms with Crippen molar-refractivity contribution >= 4 is 28.6 Å². The van der Waals surface area contributed by atoms with Crippen LogP contribution in [-0.4, -0.2) is 11.1 Å². The zero-order valence-electron chi connectivity index (χ0n) is 9.01. The molecular weight excluding hydrogens is 327 g/mol. The Morgan fingerprint density at radius 2 is 1.47 bits per heavy atom. The molecule has 3 heteroatoms. The summed E-state index contributed by atoms with van der Waals surface area (Å²) in [5.74, 6) is -0.807. The van der Waals surface area contributed by atoms with Gasteiger partial charge in [0.05, 0.1) is 0 Å². The van der Waals surface area contributed by atoms with E-state index in [-0.39, 0.29) is 0 Å². The van der Waals surface area contributed by atoms with Crippen molar-refractivity contribution in [2.45, 2.75) is 3.92 Å². The van der Waals surface area contributed by atoms with Gasteiger partial charge in [0.1, 0.15) is 3.92 Å². The van der Waals surface area contributed by atoms with Crippen LogP contribution in [0.1, 0.15) is 9.49 Å². The maximum Gasteiger partial charge on any atom is 0.320 e. The molecule has 0 bridgehead atoms. The first-order chi connectivity index (χ1) is 8.18. The van der Waals surface area contributed by atoms with E-state index in [9.17, 15) is 4.79 Å². The second-order valence-electron chi connectivity index (χ2n) is 3.69. The SMILES string of the molecule is O=C(O)C(I)c1ccc(-c2ccccc2)cc1. The first-order valence-corrected chi connectivity index (χ1v) is 6.45. The summed E-state index contributed by atoms with van der Waals surface area (Å²) in [5, 5.41) is 8.91. The lowest BCUT2D eigenvalue weighted by Gasteiger charge is -2.06. The van der Waals surface area contributed by atoms with Gasteiger partial charge in [-0.2, -0.15) is 0 Å². The molecule has 86 valence electrons. The minimum Gasteiger partial charge on any atom is -0.480 e. The number of aliphatic carboxylic acids is 1. The molecule has 0 aliphatic heterocycles. The number of halogens is 1. The maximum atomic E-state index is 10.8. The largest absolute Gasteiger partial charge is 0.480 e. The fourth-order valence-corrected chi connectivity index (χ4v) is 2.03. The molecule has 2 aromatic rings. The van der Waals surface area contributed by atoms with Crippen LogP contribution in [0.2, 0.25) is 0 Å². The minimum absolute atomic E-state index is 0.488. The number of carbonyl (C=O) groups is 1. The fourth-order valence-electron chi connectivity index (χ4n) is 1.62. The third kappa shape index (κ3) is 2.85. The summed E-state index contributed by atoms with van der Waals surface area (Å²) < 4.78 is -0.488. The van der Waals surface area contributed by atoms with Crippen LogP contribution in [0.3, 0.4) is 0 Å². The molecule has 0 aliphatic carbocycles. The molecule has 1 unspecified atom stereocenters. The zero-order chi connectivity index (χ0) is 12.3. The number of hydrogen-bond acceptors (Lipinski definition) is 1. The van der Waals surface area contributed by atoms with Gasteiger partial charge in [-0.05, 0) is 16.7 Å². The van der Waals surface area contributed by atoms with Crippen molar-refractivity contribution in [3.05, 3.63) is 60.2 Å². The molecule has 0 aromatic heterocycles. The molecule has 0 saturated heterocycles. The summed E-state index contributed by atoms with van der Waals surface area (Å²) in [6, 6.07) is 17.7. The lowest BCUT2D eigenvalue weighted by molar-refractivity contribution is -0.136. The van der Waals surface area contributed by atoms with Crippen molar-refractivity contribution in [1.82, 2.24) is 0 Å². The normalized spacial score (nSPS) is 12.1. The predicted octanol–water partition coefficient (Wildman–Crippen LogP) is 3.91. The third-order valence-electron chi connectivity index (χ3n) is 2.53. The van der Waals surface area contributed by atoms with E-state index in [1.54, 1.807) is 0 Å². The van der Waals surface area contributed by atoms with E-state index in [0.717, 1.165) is 16.7 Å². The molecule has 2 aromatic carbocycles. The Hall–Kier alpha value is -1.36. The standard InChI is InChI=1S/C14H11IO2/c15-13(14(16)17)12-8-6-11(7-9-12)10-4-2-1-3-5-10/h1-9,13H,(H,16,17). The van der Waals surface area contributed by atoms with Crippen LogP contribution in [0.15, 0.2) is 54.6 Å². The smallest absolute Gasteiger partial charge is 0.320 e. The van der Waals surface area contributed by atoms with Gasteiger partial charge in [-0.15, -0.1) is 0 Å². The molecule has 0 fully saturated rings. The van der Waals surface area contributed by atoms with Crippen LogP contribution in [0.4, 0.5) is 0 Å². The average Bonchev–Trinajstić information content (AvgIpc) is 2.39. The van der Waals surface area contributed by atoms with E-state index >= 15 is 0 Å². The molecular formula is C14H11IO2. The summed E-state index contributed by atoms with van der Waals surface area (Å²) >= 11 is 1.92. The van der Waals surface area contributed by atoms with Gasteiger partial charge in [0, 0.05) is 0 Å². The van der Waals surface area contributed by atoms with E-state index in [1.165, 1.54) is 0 Å². The Labute approximate surface area is 113 Å². The number of rotatable bonds is 3. The molecule has 1 atom stereocenters. The monoisotopic (exact) mass is 338 g/mol. The van der Waals surface area contributed by atoms with Crippen LogP contribution in [-0.2, 0) is 4.79 Å². The van der Waals surface area contributed by atoms with Crippen molar-refractivity contribution in [3.8, 4) is 11.1 Å². The van der Waals surface area contributed by atoms with Crippen LogP contribution in [0, 0.1) is 0 Å². The van der Waals surface area contributed by atoms with E-state index in [0.29, 0.717) is 0 Å². The highest BCUT2D eigenvalue weighted by molar-refractivity contribution is 14.1. The Morgan fingerprint density at radius 3 is 2.00 bits per heavy atom. The van der Waals surface area contributed by atoms with Crippen LogP contribution in [0.25, 0.3) is 11.1 Å². The Balaban J connectivity index is 2.28. The Morgan fingerprint density at radius 1 is 0.941 bits per heavy atom. The second kappa shape index (κ2) is 5.31. The fraction of sp³-hybridized carbons (Fsp3) is 0.0714. The van der Waals surface area contributed by atoms with E-state index in [1.807, 2.05) is 77.2 Å². The van der Waals surface area contributed by atoms with E-state index in [2.05, 4.69) is 0 Å². The average molecular weight is 338 g/mol. The second-order valence-corrected chi connectivity index (χ2v) is 4.93. The Bertz CT molecular complexity index is 506. The summed E-state index contributed by atoms with van der Waals surface area (Å²) in [5.41, 5.74) is 3.06. The van der Waals surface area contributed by atoms with Gasteiger partial charge in [-0.25, -0.2) is 0 Å². The van der Waals surface area contributed by atoms with Crippen molar-refractivity contribution < 1.29 is 9.90 Å². The van der Waals surface area contributed by atoms with Gasteiger partial charge in [-0.1, -0.05) is 77.2 Å². The van der Waals surface area contributed by atoms with E-state index in [4.69, 9.17) is 5.11 Å². The van der Waals surface area contributed by atoms with Gasteiger partial charge in [0.2, 0.25) is 0 Å². The molecule has 2 rings (SSSR count). The van der Waals surface area contributed by atoms with Crippen LogP contribution >= 0.6 is 22.6 Å². The lowest BCUT2D eigenvalue weighted by Crippen LogP contribution is -2.03. The van der Waals surface area contributed by atoms with Gasteiger partial charge in [0.15, 0.2) is 0 Å². The molecule has 0 aliphatic rings. The van der Waals surface area contributed by atoms with Gasteiger partial charge >= 0.3 is 5.97 Å². The van der Waals surface area contributed by atoms with Crippen molar-refractivity contribution in [3.63, 3.8) is 0 Å². The number of carboxylic acids is 1. The van der Waals surface area contributed by atoms with Crippen LogP contribution < -0.4 is 0 Å². The Kier molecular flexibility index (Phi) is 3.78. The molecule has 0 radical (unpaired) electrons. The highest BCUT2D eigenvalue weighted by atomic mass is 127. The molecule has 17 heavy (non-hydrogen) atoms. The first-order valence-electron chi connectivity index (χ1n) is 5.21. The van der Waals surface area contributed by atoms with Crippen molar-refractivity contribution in [2.75, 3.05) is 0 Å². The lowest BCUT2D eigenvalue weighted by atomic mass is 10.0. The van der Waals surface area contributed by atoms with Crippen molar-refractivity contribution in [2.24, 2.45) is 0 Å². The highest BCUT2D eigenvalue weighted by Gasteiger charge is 2.14. The third-order valence-corrected chi connectivity index (χ3v) is 3.78. The van der Waals surface area contributed by atoms with Gasteiger partial charge < -0.3 is 5.11 Å². The summed E-state index contributed by atoms with van der Waals surface area (Å²) in [7, 11) is 0. The molecule has 0 amide bonds. The topological polar surface area (TPSA) is 37.3 Å². The first kappa shape index (κ1) is 12.1. The van der Waals surface area contributed by atoms with Crippen LogP contribution in [0.5, 0.6) is 0 Å². The number of alkyl halides is 1. The number of benzene rings is 2. The predicted molar refractivity (Wildman–Crippen MR) is 76.3 cm³/mol.